The van der Waals surface area contributed by atoms with Gasteiger partial charge in [0.2, 0.25) is 0 Å². The Balaban J connectivity index is 2.22. The highest BCUT2D eigenvalue weighted by atomic mass is 16.2. The largest absolute Gasteiger partial charge is 0.328 e. The molecule has 1 atom stereocenters. The third-order valence-corrected chi connectivity index (χ3v) is 3.33. The predicted octanol–water partition coefficient (Wildman–Crippen LogP) is 1.09. The van der Waals surface area contributed by atoms with E-state index in [2.05, 4.69) is 0 Å². The van der Waals surface area contributed by atoms with Gasteiger partial charge in [-0.15, -0.1) is 0 Å². The average Bonchev–Trinajstić information content (AvgIpc) is 2.66. The van der Waals surface area contributed by atoms with Crippen molar-refractivity contribution in [3.8, 4) is 0 Å². The van der Waals surface area contributed by atoms with Crippen LogP contribution in [0.2, 0.25) is 0 Å². The minimum absolute atomic E-state index is 0.0197. The summed E-state index contributed by atoms with van der Waals surface area (Å²) in [7, 11) is 1.75. The van der Waals surface area contributed by atoms with E-state index in [0.29, 0.717) is 18.7 Å². The maximum atomic E-state index is 12.0. The molecule has 96 valence electrons. The minimum Gasteiger partial charge on any atom is -0.328 e. The Morgan fingerprint density at radius 3 is 2.44 bits per heavy atom. The van der Waals surface area contributed by atoms with E-state index in [4.69, 9.17) is 5.73 Å². The van der Waals surface area contributed by atoms with Gasteiger partial charge in [-0.2, -0.15) is 0 Å². The zero-order valence-electron chi connectivity index (χ0n) is 10.6. The van der Waals surface area contributed by atoms with Crippen LogP contribution in [-0.4, -0.2) is 42.9 Å². The summed E-state index contributed by atoms with van der Waals surface area (Å²) >= 11 is 0. The van der Waals surface area contributed by atoms with Gasteiger partial charge in [-0.3, -0.25) is 9.69 Å². The first kappa shape index (κ1) is 12.6. The molecule has 18 heavy (non-hydrogen) atoms. The molecule has 1 aromatic rings. The number of amides is 2. The van der Waals surface area contributed by atoms with E-state index in [0.717, 1.165) is 5.69 Å². The highest BCUT2D eigenvalue weighted by molar-refractivity contribution is 5.97. The first-order valence-corrected chi connectivity index (χ1v) is 5.90. The topological polar surface area (TPSA) is 66.6 Å². The van der Waals surface area contributed by atoms with Gasteiger partial charge in [-0.1, -0.05) is 0 Å². The molecule has 2 amide bonds. The Morgan fingerprint density at radius 1 is 1.39 bits per heavy atom. The second-order valence-electron chi connectivity index (χ2n) is 4.50. The molecule has 1 heterocycles. The number of benzene rings is 1. The molecule has 5 heteroatoms. The quantitative estimate of drug-likeness (QED) is 0.813. The Morgan fingerprint density at radius 2 is 2.00 bits per heavy atom. The van der Waals surface area contributed by atoms with Crippen LogP contribution in [0.3, 0.4) is 0 Å². The summed E-state index contributed by atoms with van der Waals surface area (Å²) in [4.78, 5) is 26.5. The third kappa shape index (κ3) is 2.09. The lowest BCUT2D eigenvalue weighted by atomic mass is 10.1. The summed E-state index contributed by atoms with van der Waals surface area (Å²) in [6, 6.07) is 7.05. The van der Waals surface area contributed by atoms with Gasteiger partial charge in [0.15, 0.2) is 5.78 Å². The number of rotatable bonds is 3. The molecule has 1 fully saturated rings. The van der Waals surface area contributed by atoms with Gasteiger partial charge >= 0.3 is 6.03 Å². The first-order chi connectivity index (χ1) is 8.54. The van der Waals surface area contributed by atoms with Crippen molar-refractivity contribution < 1.29 is 9.59 Å². The van der Waals surface area contributed by atoms with E-state index < -0.39 is 0 Å². The number of urea groups is 1. The molecular formula is C13H17N3O2. The van der Waals surface area contributed by atoms with Crippen molar-refractivity contribution in [2.75, 3.05) is 25.0 Å². The zero-order chi connectivity index (χ0) is 13.3. The van der Waals surface area contributed by atoms with Crippen molar-refractivity contribution in [1.82, 2.24) is 4.90 Å². The maximum Gasteiger partial charge on any atom is 0.324 e. The molecule has 0 saturated carbocycles. The van der Waals surface area contributed by atoms with Gasteiger partial charge < -0.3 is 10.6 Å². The van der Waals surface area contributed by atoms with Crippen LogP contribution in [0.1, 0.15) is 17.3 Å². The Hall–Kier alpha value is -1.88. The molecule has 1 unspecified atom stereocenters. The van der Waals surface area contributed by atoms with Crippen molar-refractivity contribution in [1.29, 1.82) is 0 Å². The fourth-order valence-corrected chi connectivity index (χ4v) is 2.08. The number of likely N-dealkylation sites (N-methyl/N-ethyl adjacent to an activating group) is 1. The van der Waals surface area contributed by atoms with Gasteiger partial charge in [-0.25, -0.2) is 4.79 Å². The molecular weight excluding hydrogens is 230 g/mol. The number of ketones is 1. The van der Waals surface area contributed by atoms with Crippen LogP contribution in [0.25, 0.3) is 0 Å². The first-order valence-electron chi connectivity index (χ1n) is 5.90. The molecule has 0 radical (unpaired) electrons. The summed E-state index contributed by atoms with van der Waals surface area (Å²) in [5.74, 6) is 0.0197. The predicted molar refractivity (Wildman–Crippen MR) is 69.8 cm³/mol. The summed E-state index contributed by atoms with van der Waals surface area (Å²) in [5, 5.41) is 0. The number of carbonyl (C=O) groups excluding carboxylic acids is 2. The van der Waals surface area contributed by atoms with E-state index in [1.165, 1.54) is 6.92 Å². The Bertz CT molecular complexity index is 470. The number of Topliss-reactive ketones (excluding diaryl/α,β-unsaturated/α-hetero) is 1. The van der Waals surface area contributed by atoms with E-state index >= 15 is 0 Å². The van der Waals surface area contributed by atoms with Crippen LogP contribution in [0.15, 0.2) is 24.3 Å². The van der Waals surface area contributed by atoms with Crippen molar-refractivity contribution in [2.24, 2.45) is 5.73 Å². The van der Waals surface area contributed by atoms with Gasteiger partial charge in [0, 0.05) is 31.4 Å². The lowest BCUT2D eigenvalue weighted by Crippen LogP contribution is -2.35. The van der Waals surface area contributed by atoms with E-state index in [1.807, 2.05) is 0 Å². The molecule has 5 nitrogen and oxygen atoms in total. The molecule has 2 rings (SSSR count). The summed E-state index contributed by atoms with van der Waals surface area (Å²) < 4.78 is 0. The number of anilines is 1. The second-order valence-corrected chi connectivity index (χ2v) is 4.50. The standard InChI is InChI=1S/C13H17N3O2/c1-9(17)10-3-5-11(6-4-10)16-8-12(7-14)15(2)13(16)18/h3-6,12H,7-8,14H2,1-2H3. The lowest BCUT2D eigenvalue weighted by Gasteiger charge is -2.16. The van der Waals surface area contributed by atoms with Crippen molar-refractivity contribution >= 4 is 17.5 Å². The summed E-state index contributed by atoms with van der Waals surface area (Å²) in [5.41, 5.74) is 7.07. The fourth-order valence-electron chi connectivity index (χ4n) is 2.08. The molecule has 1 aliphatic rings. The lowest BCUT2D eigenvalue weighted by molar-refractivity contribution is 0.101. The van der Waals surface area contributed by atoms with Gasteiger partial charge in [0.05, 0.1) is 6.04 Å². The number of hydrogen-bond donors (Lipinski definition) is 1. The number of carbonyl (C=O) groups is 2. The van der Waals surface area contributed by atoms with Crippen LogP contribution in [0.4, 0.5) is 10.5 Å². The maximum absolute atomic E-state index is 12.0. The van der Waals surface area contributed by atoms with E-state index in [9.17, 15) is 9.59 Å². The monoisotopic (exact) mass is 247 g/mol. The second kappa shape index (κ2) is 4.78. The molecule has 0 aliphatic carbocycles. The minimum atomic E-state index is -0.0546. The molecule has 0 aromatic heterocycles. The van der Waals surface area contributed by atoms with Crippen molar-refractivity contribution in [3.05, 3.63) is 29.8 Å². The van der Waals surface area contributed by atoms with Gasteiger partial charge in [0.25, 0.3) is 0 Å². The van der Waals surface area contributed by atoms with Crippen LogP contribution in [-0.2, 0) is 0 Å². The smallest absolute Gasteiger partial charge is 0.324 e. The molecule has 0 spiro atoms. The summed E-state index contributed by atoms with van der Waals surface area (Å²) in [6.07, 6.45) is 0. The van der Waals surface area contributed by atoms with Gasteiger partial charge in [0.1, 0.15) is 0 Å². The normalized spacial score (nSPS) is 19.5. The van der Waals surface area contributed by atoms with Crippen LogP contribution in [0.5, 0.6) is 0 Å². The summed E-state index contributed by atoms with van der Waals surface area (Å²) in [6.45, 7) is 2.56. The number of nitrogens with zero attached hydrogens (tertiary/aromatic N) is 2. The van der Waals surface area contributed by atoms with E-state index in [-0.39, 0.29) is 17.9 Å². The number of nitrogens with two attached hydrogens (primary N) is 1. The molecule has 1 aromatic carbocycles. The van der Waals surface area contributed by atoms with Crippen molar-refractivity contribution in [3.63, 3.8) is 0 Å². The fraction of sp³-hybridized carbons (Fsp3) is 0.385. The molecule has 0 bridgehead atoms. The van der Waals surface area contributed by atoms with Crippen LogP contribution < -0.4 is 10.6 Å². The highest BCUT2D eigenvalue weighted by Gasteiger charge is 2.34. The number of hydrogen-bond acceptors (Lipinski definition) is 3. The highest BCUT2D eigenvalue weighted by Crippen LogP contribution is 2.23. The van der Waals surface area contributed by atoms with Crippen molar-refractivity contribution in [2.45, 2.75) is 13.0 Å². The molecule has 1 saturated heterocycles. The van der Waals surface area contributed by atoms with E-state index in [1.54, 1.807) is 41.1 Å². The SMILES string of the molecule is CC(=O)c1ccc(N2CC(CN)N(C)C2=O)cc1. The third-order valence-electron chi connectivity index (χ3n) is 3.33. The average molecular weight is 247 g/mol. The zero-order valence-corrected chi connectivity index (χ0v) is 10.6. The van der Waals surface area contributed by atoms with Crippen LogP contribution >= 0.6 is 0 Å². The Kier molecular flexibility index (Phi) is 3.34. The Labute approximate surface area is 106 Å². The molecule has 1 aliphatic heterocycles. The van der Waals surface area contributed by atoms with Gasteiger partial charge in [-0.05, 0) is 31.2 Å². The molecule has 2 N–H and O–H groups in total. The van der Waals surface area contributed by atoms with Crippen LogP contribution in [0, 0.1) is 0 Å².